The van der Waals surface area contributed by atoms with Gasteiger partial charge in [-0.15, -0.1) is 0 Å². The first-order valence-corrected chi connectivity index (χ1v) is 8.23. The van der Waals surface area contributed by atoms with Crippen LogP contribution >= 0.6 is 0 Å². The van der Waals surface area contributed by atoms with Crippen molar-refractivity contribution in [3.8, 4) is 5.75 Å². The van der Waals surface area contributed by atoms with Crippen molar-refractivity contribution in [3.63, 3.8) is 0 Å². The van der Waals surface area contributed by atoms with Gasteiger partial charge in [-0.05, 0) is 36.4 Å². The highest BCUT2D eigenvalue weighted by Gasteiger charge is 2.14. The van der Waals surface area contributed by atoms with Crippen LogP contribution in [0.5, 0.6) is 5.75 Å². The van der Waals surface area contributed by atoms with Gasteiger partial charge in [0.1, 0.15) is 12.3 Å². The minimum atomic E-state index is -3.00. The molecule has 0 atom stereocenters. The molecule has 0 spiro atoms. The number of alkyl halides is 2. The fourth-order valence-corrected chi connectivity index (χ4v) is 2.06. The quantitative estimate of drug-likeness (QED) is 0.643. The van der Waals surface area contributed by atoms with Gasteiger partial charge in [0, 0.05) is 11.1 Å². The maximum Gasteiger partial charge on any atom is 0.387 e. The molecule has 0 saturated heterocycles. The zero-order valence-electron chi connectivity index (χ0n) is 14.9. The lowest BCUT2D eigenvalue weighted by molar-refractivity contribution is -0.147. The minimum absolute atomic E-state index is 0.0152. The maximum atomic E-state index is 12.1. The Labute approximate surface area is 163 Å². The number of imide groups is 1. The number of rotatable bonds is 8. The van der Waals surface area contributed by atoms with E-state index in [1.165, 1.54) is 12.1 Å². The Morgan fingerprint density at radius 3 is 2.10 bits per heavy atom. The second-order valence-corrected chi connectivity index (χ2v) is 5.49. The number of nitrogens with one attached hydrogen (secondary N) is 2. The average Bonchev–Trinajstić information content (AvgIpc) is 2.71. The summed E-state index contributed by atoms with van der Waals surface area (Å²) in [6.45, 7) is -4.19. The first-order chi connectivity index (χ1) is 13.8. The lowest BCUT2D eigenvalue weighted by Gasteiger charge is -2.08. The summed E-state index contributed by atoms with van der Waals surface area (Å²) in [5, 5.41) is 4.30. The summed E-state index contributed by atoms with van der Waals surface area (Å²) in [5.74, 6) is -3.21. The molecule has 0 bridgehead atoms. The standard InChI is InChI=1S/C19H16F2N2O6/c20-19(21)29-14-8-6-13(7-9-14)18(27)23-15(24)11-28-16(25)10-22-17(26)12-4-2-1-3-5-12/h1-9,19H,10-11H2,(H,22,26)(H,23,24,27). The van der Waals surface area contributed by atoms with Crippen LogP contribution < -0.4 is 15.4 Å². The van der Waals surface area contributed by atoms with Gasteiger partial charge in [0.2, 0.25) is 0 Å². The number of carbonyl (C=O) groups excluding carboxylic acids is 4. The van der Waals surface area contributed by atoms with Gasteiger partial charge in [-0.3, -0.25) is 24.5 Å². The molecule has 152 valence electrons. The Balaban J connectivity index is 1.72. The Bertz CT molecular complexity index is 872. The van der Waals surface area contributed by atoms with Crippen LogP contribution in [-0.4, -0.2) is 43.5 Å². The average molecular weight is 406 g/mol. The van der Waals surface area contributed by atoms with Gasteiger partial charge in [-0.2, -0.15) is 8.78 Å². The van der Waals surface area contributed by atoms with E-state index in [1.807, 2.05) is 5.32 Å². The van der Waals surface area contributed by atoms with E-state index < -0.39 is 43.5 Å². The molecule has 2 N–H and O–H groups in total. The van der Waals surface area contributed by atoms with Crippen molar-refractivity contribution in [2.75, 3.05) is 13.2 Å². The van der Waals surface area contributed by atoms with Crippen molar-refractivity contribution in [3.05, 3.63) is 65.7 Å². The van der Waals surface area contributed by atoms with E-state index in [4.69, 9.17) is 0 Å². The third-order valence-corrected chi connectivity index (χ3v) is 3.39. The third kappa shape index (κ3) is 7.37. The molecule has 0 aromatic heterocycles. The Morgan fingerprint density at radius 1 is 0.862 bits per heavy atom. The summed E-state index contributed by atoms with van der Waals surface area (Å²) in [7, 11) is 0. The largest absolute Gasteiger partial charge is 0.454 e. The number of ether oxygens (including phenoxy) is 2. The number of esters is 1. The van der Waals surface area contributed by atoms with Crippen LogP contribution in [0.3, 0.4) is 0 Å². The normalized spacial score (nSPS) is 10.2. The van der Waals surface area contributed by atoms with Crippen molar-refractivity contribution in [2.24, 2.45) is 0 Å². The zero-order chi connectivity index (χ0) is 21.2. The number of carbonyl (C=O) groups is 4. The van der Waals surface area contributed by atoms with Gasteiger partial charge in [-0.1, -0.05) is 18.2 Å². The van der Waals surface area contributed by atoms with E-state index in [9.17, 15) is 28.0 Å². The molecule has 0 saturated carbocycles. The molecule has 2 aromatic carbocycles. The second kappa shape index (κ2) is 10.5. The highest BCUT2D eigenvalue weighted by molar-refractivity contribution is 6.05. The fraction of sp³-hybridized carbons (Fsp3) is 0.158. The molecule has 2 aromatic rings. The number of benzene rings is 2. The van der Waals surface area contributed by atoms with E-state index in [0.717, 1.165) is 12.1 Å². The first kappa shape index (κ1) is 21.5. The molecule has 2 rings (SSSR count). The first-order valence-electron chi connectivity index (χ1n) is 8.23. The van der Waals surface area contributed by atoms with Gasteiger partial charge in [0.25, 0.3) is 17.7 Å². The van der Waals surface area contributed by atoms with Crippen molar-refractivity contribution in [2.45, 2.75) is 6.61 Å². The van der Waals surface area contributed by atoms with Crippen molar-refractivity contribution < 1.29 is 37.4 Å². The molecule has 0 unspecified atom stereocenters. The van der Waals surface area contributed by atoms with Crippen molar-refractivity contribution in [1.29, 1.82) is 0 Å². The predicted octanol–water partition coefficient (Wildman–Crippen LogP) is 1.52. The molecule has 0 aliphatic rings. The van der Waals surface area contributed by atoms with Gasteiger partial charge in [-0.25, -0.2) is 0 Å². The van der Waals surface area contributed by atoms with Gasteiger partial charge in [0.15, 0.2) is 6.61 Å². The third-order valence-electron chi connectivity index (χ3n) is 3.39. The van der Waals surface area contributed by atoms with Crippen LogP contribution in [0.15, 0.2) is 54.6 Å². The molecule has 0 heterocycles. The Hall–Kier alpha value is -3.82. The van der Waals surface area contributed by atoms with E-state index >= 15 is 0 Å². The highest BCUT2D eigenvalue weighted by atomic mass is 19.3. The van der Waals surface area contributed by atoms with Crippen LogP contribution in [0.2, 0.25) is 0 Å². The van der Waals surface area contributed by atoms with Gasteiger partial charge in [0.05, 0.1) is 0 Å². The number of hydrogen-bond acceptors (Lipinski definition) is 6. The molecule has 29 heavy (non-hydrogen) atoms. The van der Waals surface area contributed by atoms with Gasteiger partial charge >= 0.3 is 12.6 Å². The lowest BCUT2D eigenvalue weighted by atomic mass is 10.2. The van der Waals surface area contributed by atoms with Crippen LogP contribution in [0.25, 0.3) is 0 Å². The predicted molar refractivity (Wildman–Crippen MR) is 95.3 cm³/mol. The smallest absolute Gasteiger partial charge is 0.387 e. The monoisotopic (exact) mass is 406 g/mol. The molecule has 3 amide bonds. The lowest BCUT2D eigenvalue weighted by Crippen LogP contribution is -2.36. The van der Waals surface area contributed by atoms with Crippen LogP contribution in [-0.2, 0) is 14.3 Å². The van der Waals surface area contributed by atoms with Crippen LogP contribution in [0.4, 0.5) is 8.78 Å². The van der Waals surface area contributed by atoms with E-state index in [1.54, 1.807) is 30.3 Å². The number of amides is 3. The van der Waals surface area contributed by atoms with Crippen molar-refractivity contribution in [1.82, 2.24) is 10.6 Å². The van der Waals surface area contributed by atoms with E-state index in [0.29, 0.717) is 5.56 Å². The molecule has 0 radical (unpaired) electrons. The summed E-state index contributed by atoms with van der Waals surface area (Å²) in [6, 6.07) is 12.8. The summed E-state index contributed by atoms with van der Waals surface area (Å²) >= 11 is 0. The Morgan fingerprint density at radius 2 is 1.48 bits per heavy atom. The summed E-state index contributed by atoms with van der Waals surface area (Å²) < 4.78 is 33.0. The molecule has 0 aliphatic carbocycles. The molecule has 0 fully saturated rings. The van der Waals surface area contributed by atoms with E-state index in [-0.39, 0.29) is 11.3 Å². The summed E-state index contributed by atoms with van der Waals surface area (Å²) in [5.41, 5.74) is 0.370. The molecule has 8 nitrogen and oxygen atoms in total. The summed E-state index contributed by atoms with van der Waals surface area (Å²) in [6.07, 6.45) is 0. The summed E-state index contributed by atoms with van der Waals surface area (Å²) in [4.78, 5) is 46.9. The topological polar surface area (TPSA) is 111 Å². The fourth-order valence-electron chi connectivity index (χ4n) is 2.06. The second-order valence-electron chi connectivity index (χ2n) is 5.49. The number of hydrogen-bond donors (Lipinski definition) is 2. The minimum Gasteiger partial charge on any atom is -0.454 e. The zero-order valence-corrected chi connectivity index (χ0v) is 14.9. The highest BCUT2D eigenvalue weighted by Crippen LogP contribution is 2.14. The molecular weight excluding hydrogens is 390 g/mol. The maximum absolute atomic E-state index is 12.1. The molecular formula is C19H16F2N2O6. The molecule has 10 heteroatoms. The van der Waals surface area contributed by atoms with Gasteiger partial charge < -0.3 is 14.8 Å². The van der Waals surface area contributed by atoms with Crippen molar-refractivity contribution >= 4 is 23.7 Å². The molecule has 0 aliphatic heterocycles. The van der Waals surface area contributed by atoms with E-state index in [2.05, 4.69) is 14.8 Å². The number of halogens is 2. The van der Waals surface area contributed by atoms with Crippen LogP contribution in [0.1, 0.15) is 20.7 Å². The Kier molecular flexibility index (Phi) is 7.78. The SMILES string of the molecule is O=C(COC(=O)CNC(=O)c1ccccc1)NC(=O)c1ccc(OC(F)F)cc1. The van der Waals surface area contributed by atoms with Crippen LogP contribution in [0, 0.1) is 0 Å².